The van der Waals surface area contributed by atoms with Crippen molar-refractivity contribution in [3.8, 4) is 6.07 Å². The van der Waals surface area contributed by atoms with E-state index in [1.807, 2.05) is 0 Å². The number of rotatable bonds is 2. The van der Waals surface area contributed by atoms with Gasteiger partial charge < -0.3 is 5.32 Å². The Morgan fingerprint density at radius 3 is 2.24 bits per heavy atom. The van der Waals surface area contributed by atoms with Crippen molar-refractivity contribution in [3.05, 3.63) is 57.8 Å². The number of halogens is 5. The first-order valence-corrected chi connectivity index (χ1v) is 6.44. The summed E-state index contributed by atoms with van der Waals surface area (Å²) in [5, 5.41) is 11.6. The van der Waals surface area contributed by atoms with Crippen LogP contribution in [0.2, 0.25) is 0 Å². The van der Waals surface area contributed by atoms with Gasteiger partial charge in [-0.2, -0.15) is 18.4 Å². The largest absolute Gasteiger partial charge is 0.417 e. The summed E-state index contributed by atoms with van der Waals surface area (Å²) in [6.45, 7) is 0. The van der Waals surface area contributed by atoms with Crippen molar-refractivity contribution in [2.45, 2.75) is 6.18 Å². The molecule has 0 saturated carbocycles. The zero-order valence-electron chi connectivity index (χ0n) is 10.3. The van der Waals surface area contributed by atoms with Crippen molar-refractivity contribution in [1.82, 2.24) is 0 Å². The number of nitrogens with one attached hydrogen (secondary N) is 1. The summed E-state index contributed by atoms with van der Waals surface area (Å²) in [6.07, 6.45) is -4.59. The summed E-state index contributed by atoms with van der Waals surface area (Å²) in [5.74, 6) is -0.507. The van der Waals surface area contributed by atoms with Crippen LogP contribution in [-0.2, 0) is 6.18 Å². The van der Waals surface area contributed by atoms with Crippen molar-refractivity contribution < 1.29 is 17.6 Å². The van der Waals surface area contributed by atoms with E-state index >= 15 is 0 Å². The van der Waals surface area contributed by atoms with E-state index in [-0.39, 0.29) is 10.2 Å². The molecule has 2 nitrogen and oxygen atoms in total. The fraction of sp³-hybridized carbons (Fsp3) is 0.0714. The molecule has 2 aromatic carbocycles. The number of anilines is 2. The molecule has 0 aliphatic rings. The second kappa shape index (κ2) is 5.74. The van der Waals surface area contributed by atoms with E-state index in [1.165, 1.54) is 24.3 Å². The van der Waals surface area contributed by atoms with Crippen LogP contribution in [0, 0.1) is 17.1 Å². The molecule has 0 spiro atoms. The summed E-state index contributed by atoms with van der Waals surface area (Å²) in [7, 11) is 0. The van der Waals surface area contributed by atoms with Gasteiger partial charge in [0.15, 0.2) is 0 Å². The maximum absolute atomic E-state index is 13.4. The van der Waals surface area contributed by atoms with Crippen LogP contribution in [0.15, 0.2) is 40.9 Å². The normalized spacial score (nSPS) is 11.0. The minimum absolute atomic E-state index is 0.265. The van der Waals surface area contributed by atoms with E-state index in [2.05, 4.69) is 21.2 Å². The highest BCUT2D eigenvalue weighted by Crippen LogP contribution is 2.33. The average molecular weight is 359 g/mol. The lowest BCUT2D eigenvalue weighted by atomic mass is 10.1. The first-order valence-electron chi connectivity index (χ1n) is 5.64. The molecule has 0 heterocycles. The quantitative estimate of drug-likeness (QED) is 0.746. The predicted octanol–water partition coefficient (Wildman–Crippen LogP) is 5.22. The third kappa shape index (κ3) is 3.52. The molecule has 0 aromatic heterocycles. The van der Waals surface area contributed by atoms with Crippen LogP contribution >= 0.6 is 15.9 Å². The Morgan fingerprint density at radius 2 is 1.67 bits per heavy atom. The monoisotopic (exact) mass is 358 g/mol. The van der Waals surface area contributed by atoms with Crippen molar-refractivity contribution in [2.24, 2.45) is 0 Å². The van der Waals surface area contributed by atoms with Gasteiger partial charge in [-0.3, -0.25) is 0 Å². The van der Waals surface area contributed by atoms with Crippen LogP contribution in [0.3, 0.4) is 0 Å². The molecule has 0 atom stereocenters. The van der Waals surface area contributed by atoms with Crippen LogP contribution < -0.4 is 5.32 Å². The van der Waals surface area contributed by atoms with Gasteiger partial charge in [0.2, 0.25) is 0 Å². The molecular formula is C14H7BrF4N2. The van der Waals surface area contributed by atoms with Crippen LogP contribution in [0.25, 0.3) is 0 Å². The minimum atomic E-state index is -4.59. The Kier molecular flexibility index (Phi) is 4.19. The molecule has 0 fully saturated rings. The van der Waals surface area contributed by atoms with E-state index < -0.39 is 23.1 Å². The van der Waals surface area contributed by atoms with Gasteiger partial charge >= 0.3 is 6.18 Å². The van der Waals surface area contributed by atoms with E-state index in [4.69, 9.17) is 5.26 Å². The fourth-order valence-corrected chi connectivity index (χ4v) is 1.95. The van der Waals surface area contributed by atoms with Crippen LogP contribution in [0.1, 0.15) is 11.1 Å². The van der Waals surface area contributed by atoms with Gasteiger partial charge in [-0.1, -0.05) is 0 Å². The Hall–Kier alpha value is -2.07. The standard InChI is InChI=1S/C14H7BrF4N2/c15-12-4-2-10(6-13(12)16)21-9-1-3-11(14(17,18)19)8(5-9)7-20/h1-6,21H. The molecule has 0 amide bonds. The van der Waals surface area contributed by atoms with Gasteiger partial charge in [0, 0.05) is 11.4 Å². The number of nitriles is 1. The summed E-state index contributed by atoms with van der Waals surface area (Å²) < 4.78 is 51.6. The van der Waals surface area contributed by atoms with E-state index in [0.29, 0.717) is 5.69 Å². The van der Waals surface area contributed by atoms with Gasteiger partial charge in [-0.25, -0.2) is 4.39 Å². The number of nitrogens with zero attached hydrogens (tertiary/aromatic N) is 1. The minimum Gasteiger partial charge on any atom is -0.355 e. The van der Waals surface area contributed by atoms with Gasteiger partial charge in [-0.15, -0.1) is 0 Å². The van der Waals surface area contributed by atoms with Crippen LogP contribution in [-0.4, -0.2) is 0 Å². The smallest absolute Gasteiger partial charge is 0.355 e. The Bertz CT molecular complexity index is 720. The molecular weight excluding hydrogens is 352 g/mol. The SMILES string of the molecule is N#Cc1cc(Nc2ccc(Br)c(F)c2)ccc1C(F)(F)F. The van der Waals surface area contributed by atoms with Gasteiger partial charge in [0.1, 0.15) is 5.82 Å². The molecule has 7 heteroatoms. The van der Waals surface area contributed by atoms with Crippen molar-refractivity contribution >= 4 is 27.3 Å². The molecule has 0 radical (unpaired) electrons. The number of alkyl halides is 3. The molecule has 0 aliphatic heterocycles. The lowest BCUT2D eigenvalue weighted by Crippen LogP contribution is -2.08. The van der Waals surface area contributed by atoms with Crippen LogP contribution in [0.4, 0.5) is 28.9 Å². The second-order valence-electron chi connectivity index (χ2n) is 4.12. The van der Waals surface area contributed by atoms with Gasteiger partial charge in [0.05, 0.1) is 21.7 Å². The van der Waals surface area contributed by atoms with E-state index in [1.54, 1.807) is 6.07 Å². The van der Waals surface area contributed by atoms with Gasteiger partial charge in [-0.05, 0) is 52.3 Å². The number of hydrogen-bond acceptors (Lipinski definition) is 2. The Labute approximate surface area is 126 Å². The molecule has 0 unspecified atom stereocenters. The van der Waals surface area contributed by atoms with E-state index in [0.717, 1.165) is 12.1 Å². The lowest BCUT2D eigenvalue weighted by molar-refractivity contribution is -0.137. The zero-order valence-corrected chi connectivity index (χ0v) is 11.9. The molecule has 2 rings (SSSR count). The maximum Gasteiger partial charge on any atom is 0.417 e. The highest BCUT2D eigenvalue weighted by atomic mass is 79.9. The molecule has 1 N–H and O–H groups in total. The van der Waals surface area contributed by atoms with E-state index in [9.17, 15) is 17.6 Å². The Morgan fingerprint density at radius 1 is 1.05 bits per heavy atom. The maximum atomic E-state index is 13.4. The molecule has 108 valence electrons. The first-order chi connectivity index (χ1) is 9.81. The number of hydrogen-bond donors (Lipinski definition) is 1. The predicted molar refractivity (Wildman–Crippen MR) is 73.5 cm³/mol. The first kappa shape index (κ1) is 15.3. The topological polar surface area (TPSA) is 35.8 Å². The fourth-order valence-electron chi connectivity index (χ4n) is 1.70. The van der Waals surface area contributed by atoms with Crippen molar-refractivity contribution in [2.75, 3.05) is 5.32 Å². The summed E-state index contributed by atoms with van der Waals surface area (Å²) in [6, 6.07) is 8.79. The second-order valence-corrected chi connectivity index (χ2v) is 4.98. The van der Waals surface area contributed by atoms with Gasteiger partial charge in [0.25, 0.3) is 0 Å². The van der Waals surface area contributed by atoms with Crippen molar-refractivity contribution in [3.63, 3.8) is 0 Å². The molecule has 0 aliphatic carbocycles. The summed E-state index contributed by atoms with van der Waals surface area (Å²) in [4.78, 5) is 0. The molecule has 0 bridgehead atoms. The summed E-state index contributed by atoms with van der Waals surface area (Å²) >= 11 is 3.00. The molecule has 21 heavy (non-hydrogen) atoms. The third-order valence-electron chi connectivity index (χ3n) is 2.65. The highest BCUT2D eigenvalue weighted by molar-refractivity contribution is 9.10. The van der Waals surface area contributed by atoms with Crippen LogP contribution in [0.5, 0.6) is 0 Å². The summed E-state index contributed by atoms with van der Waals surface area (Å²) in [5.41, 5.74) is -0.872. The third-order valence-corrected chi connectivity index (χ3v) is 3.30. The Balaban J connectivity index is 2.34. The number of benzene rings is 2. The average Bonchev–Trinajstić information content (AvgIpc) is 2.41. The van der Waals surface area contributed by atoms with Crippen molar-refractivity contribution in [1.29, 1.82) is 5.26 Å². The lowest BCUT2D eigenvalue weighted by Gasteiger charge is -2.12. The highest BCUT2D eigenvalue weighted by Gasteiger charge is 2.33. The molecule has 0 saturated heterocycles. The zero-order chi connectivity index (χ0) is 15.6. The molecule has 2 aromatic rings.